The Morgan fingerprint density at radius 2 is 1.58 bits per heavy atom. The van der Waals surface area contributed by atoms with Crippen LogP contribution in [0.2, 0.25) is 0 Å². The van der Waals surface area contributed by atoms with Crippen LogP contribution in [0.5, 0.6) is 0 Å². The summed E-state index contributed by atoms with van der Waals surface area (Å²) in [6.45, 7) is 6.72. The Morgan fingerprint density at radius 1 is 0.875 bits per heavy atom. The summed E-state index contributed by atoms with van der Waals surface area (Å²) in [7, 11) is 0. The fourth-order valence-corrected chi connectivity index (χ4v) is 8.16. The van der Waals surface area contributed by atoms with E-state index in [0.29, 0.717) is 23.2 Å². The molecule has 0 aromatic rings. The third-order valence-electron chi connectivity index (χ3n) is 9.27. The molecule has 0 aromatic heterocycles. The number of aliphatic hydroxyl groups excluding tert-OH is 3. The highest BCUT2D eigenvalue weighted by Gasteiger charge is 2.62. The molecule has 4 aliphatic carbocycles. The molecule has 10 atom stereocenters. The Bertz CT molecular complexity index is 491. The van der Waals surface area contributed by atoms with Crippen LogP contribution in [-0.2, 0) is 0 Å². The van der Waals surface area contributed by atoms with Crippen LogP contribution in [0.15, 0.2) is 0 Å². The predicted molar refractivity (Wildman–Crippen MR) is 94.3 cm³/mol. The molecule has 24 heavy (non-hydrogen) atoms. The lowest BCUT2D eigenvalue weighted by Crippen LogP contribution is -2.54. The van der Waals surface area contributed by atoms with E-state index in [1.165, 1.54) is 25.7 Å². The van der Waals surface area contributed by atoms with Crippen LogP contribution < -0.4 is 0 Å². The summed E-state index contributed by atoms with van der Waals surface area (Å²) < 4.78 is 0. The van der Waals surface area contributed by atoms with Gasteiger partial charge >= 0.3 is 0 Å². The normalized spacial score (nSPS) is 58.5. The first-order chi connectivity index (χ1) is 11.3. The van der Waals surface area contributed by atoms with Gasteiger partial charge in [0.2, 0.25) is 0 Å². The molecule has 0 aromatic carbocycles. The Labute approximate surface area is 146 Å². The Balaban J connectivity index is 1.63. The van der Waals surface area contributed by atoms with Gasteiger partial charge in [0.05, 0.1) is 18.3 Å². The first-order valence-electron chi connectivity index (χ1n) is 10.3. The van der Waals surface area contributed by atoms with Gasteiger partial charge in [-0.25, -0.2) is 0 Å². The molecule has 4 saturated carbocycles. The van der Waals surface area contributed by atoms with E-state index in [1.54, 1.807) is 0 Å². The average Bonchev–Trinajstić information content (AvgIpc) is 2.78. The van der Waals surface area contributed by atoms with Crippen LogP contribution in [-0.4, -0.2) is 33.6 Å². The van der Waals surface area contributed by atoms with Gasteiger partial charge in [0.1, 0.15) is 0 Å². The number of rotatable bonds is 1. The number of hydrogen-bond donors (Lipinski definition) is 3. The van der Waals surface area contributed by atoms with Crippen molar-refractivity contribution in [2.45, 2.75) is 90.4 Å². The molecule has 4 fully saturated rings. The van der Waals surface area contributed by atoms with Crippen LogP contribution in [0, 0.1) is 40.4 Å². The zero-order valence-corrected chi connectivity index (χ0v) is 15.6. The van der Waals surface area contributed by atoms with Crippen LogP contribution in [0.1, 0.15) is 72.1 Å². The summed E-state index contributed by atoms with van der Waals surface area (Å²) >= 11 is 0. The molecule has 0 saturated heterocycles. The highest BCUT2D eigenvalue weighted by molar-refractivity contribution is 5.11. The van der Waals surface area contributed by atoms with Gasteiger partial charge < -0.3 is 15.3 Å². The van der Waals surface area contributed by atoms with E-state index in [2.05, 4.69) is 13.8 Å². The molecule has 4 aliphatic rings. The first kappa shape index (κ1) is 17.3. The van der Waals surface area contributed by atoms with Crippen LogP contribution in [0.4, 0.5) is 0 Å². The summed E-state index contributed by atoms with van der Waals surface area (Å²) in [5, 5.41) is 31.1. The molecule has 0 aliphatic heterocycles. The molecule has 4 rings (SSSR count). The highest BCUT2D eigenvalue weighted by atomic mass is 16.3. The van der Waals surface area contributed by atoms with E-state index < -0.39 is 6.10 Å². The van der Waals surface area contributed by atoms with Crippen molar-refractivity contribution < 1.29 is 15.3 Å². The van der Waals surface area contributed by atoms with Crippen LogP contribution in [0.3, 0.4) is 0 Å². The Kier molecular flexibility index (Phi) is 4.10. The fourth-order valence-electron chi connectivity index (χ4n) is 8.16. The second-order valence-electron chi connectivity index (χ2n) is 10.2. The zero-order chi connectivity index (χ0) is 17.3. The van der Waals surface area contributed by atoms with Gasteiger partial charge in [-0.05, 0) is 92.8 Å². The minimum Gasteiger partial charge on any atom is -0.393 e. The summed E-state index contributed by atoms with van der Waals surface area (Å²) in [5.74, 6) is 2.75. The molecule has 3 nitrogen and oxygen atoms in total. The van der Waals surface area contributed by atoms with Gasteiger partial charge in [-0.1, -0.05) is 13.8 Å². The first-order valence-corrected chi connectivity index (χ1v) is 10.3. The molecular weight excluding hydrogens is 300 g/mol. The maximum atomic E-state index is 10.7. The molecular formula is C21H36O3. The molecule has 1 unspecified atom stereocenters. The van der Waals surface area contributed by atoms with Gasteiger partial charge in [0.15, 0.2) is 0 Å². The smallest absolute Gasteiger partial charge is 0.0601 e. The van der Waals surface area contributed by atoms with E-state index in [4.69, 9.17) is 0 Å². The molecule has 0 amide bonds. The maximum absolute atomic E-state index is 10.7. The third-order valence-corrected chi connectivity index (χ3v) is 9.27. The van der Waals surface area contributed by atoms with Crippen molar-refractivity contribution in [2.75, 3.05) is 0 Å². The lowest BCUT2D eigenvalue weighted by Gasteiger charge is -2.61. The summed E-state index contributed by atoms with van der Waals surface area (Å²) in [4.78, 5) is 0. The molecule has 138 valence electrons. The summed E-state index contributed by atoms with van der Waals surface area (Å²) in [6, 6.07) is 0. The van der Waals surface area contributed by atoms with Crippen molar-refractivity contribution in [2.24, 2.45) is 40.4 Å². The monoisotopic (exact) mass is 336 g/mol. The fraction of sp³-hybridized carbons (Fsp3) is 1.00. The molecule has 0 bridgehead atoms. The Morgan fingerprint density at radius 3 is 2.29 bits per heavy atom. The van der Waals surface area contributed by atoms with E-state index in [9.17, 15) is 15.3 Å². The van der Waals surface area contributed by atoms with Crippen LogP contribution in [0.25, 0.3) is 0 Å². The van der Waals surface area contributed by atoms with Gasteiger partial charge in [-0.15, -0.1) is 0 Å². The summed E-state index contributed by atoms with van der Waals surface area (Å²) in [5.41, 5.74) is 0.490. The molecule has 3 heteroatoms. The molecule has 0 spiro atoms. The lowest BCUT2D eigenvalue weighted by atomic mass is 9.44. The Hall–Kier alpha value is -0.120. The van der Waals surface area contributed by atoms with Crippen molar-refractivity contribution in [1.29, 1.82) is 0 Å². The van der Waals surface area contributed by atoms with Crippen molar-refractivity contribution >= 4 is 0 Å². The minimum atomic E-state index is -0.414. The van der Waals surface area contributed by atoms with Crippen molar-refractivity contribution in [3.8, 4) is 0 Å². The number of hydrogen-bond acceptors (Lipinski definition) is 3. The van der Waals surface area contributed by atoms with Crippen molar-refractivity contribution in [3.63, 3.8) is 0 Å². The SMILES string of the molecule is C[C@@H](O)[C@H]1[C@@H](O)C[C@H]2[C@@H]3CCC4C[C@@H](O)CC[C@]4(C)[C@H]3CC[C@]12C. The number of aliphatic hydroxyl groups is 3. The van der Waals surface area contributed by atoms with Crippen molar-refractivity contribution in [1.82, 2.24) is 0 Å². The standard InChI is InChI=1S/C21H36O3/c1-12(22)19-18(24)11-17-15-5-4-13-10-14(23)6-8-20(13,2)16(15)7-9-21(17,19)3/h12-19,22-24H,4-11H2,1-3H3/t12-,13?,14+,15-,16+,17+,18+,19+,20+,21+/m1/s1. The predicted octanol–water partition coefficient (Wildman–Crippen LogP) is 3.36. The van der Waals surface area contributed by atoms with Gasteiger partial charge in [0.25, 0.3) is 0 Å². The van der Waals surface area contributed by atoms with Gasteiger partial charge in [-0.3, -0.25) is 0 Å². The zero-order valence-electron chi connectivity index (χ0n) is 15.6. The lowest BCUT2D eigenvalue weighted by molar-refractivity contribution is -0.133. The molecule has 0 radical (unpaired) electrons. The highest BCUT2D eigenvalue weighted by Crippen LogP contribution is 2.67. The van der Waals surface area contributed by atoms with Crippen molar-refractivity contribution in [3.05, 3.63) is 0 Å². The number of fused-ring (bicyclic) bond motifs is 5. The molecule has 3 N–H and O–H groups in total. The van der Waals surface area contributed by atoms with E-state index in [0.717, 1.165) is 31.6 Å². The second kappa shape index (κ2) is 5.69. The van der Waals surface area contributed by atoms with E-state index >= 15 is 0 Å². The maximum Gasteiger partial charge on any atom is 0.0601 e. The quantitative estimate of drug-likeness (QED) is 0.688. The second-order valence-corrected chi connectivity index (χ2v) is 10.2. The van der Waals surface area contributed by atoms with E-state index in [1.807, 2.05) is 6.92 Å². The summed E-state index contributed by atoms with van der Waals surface area (Å²) in [6.07, 6.45) is 8.10. The van der Waals surface area contributed by atoms with Gasteiger partial charge in [-0.2, -0.15) is 0 Å². The largest absolute Gasteiger partial charge is 0.393 e. The minimum absolute atomic E-state index is 0.0437. The molecule has 0 heterocycles. The van der Waals surface area contributed by atoms with E-state index in [-0.39, 0.29) is 23.5 Å². The third kappa shape index (κ3) is 2.27. The topological polar surface area (TPSA) is 60.7 Å². The van der Waals surface area contributed by atoms with Gasteiger partial charge in [0, 0.05) is 5.92 Å². The average molecular weight is 337 g/mol. The van der Waals surface area contributed by atoms with Crippen LogP contribution >= 0.6 is 0 Å².